The summed E-state index contributed by atoms with van der Waals surface area (Å²) < 4.78 is 0. The summed E-state index contributed by atoms with van der Waals surface area (Å²) in [6.07, 6.45) is 3.45. The Hall–Kier alpha value is -2.58. The fourth-order valence-electron chi connectivity index (χ4n) is 4.09. The number of hydrogen-bond donors (Lipinski definition) is 1. The van der Waals surface area contributed by atoms with Gasteiger partial charge in [0.15, 0.2) is 0 Å². The molecule has 128 valence electrons. The maximum Gasteiger partial charge on any atom is 0.321 e. The minimum absolute atomic E-state index is 0.0383. The average Bonchev–Trinajstić information content (AvgIpc) is 2.98. The van der Waals surface area contributed by atoms with Gasteiger partial charge in [0.05, 0.1) is 17.3 Å². The molecule has 1 N–H and O–H groups in total. The van der Waals surface area contributed by atoms with Crippen LogP contribution >= 0.6 is 0 Å². The summed E-state index contributed by atoms with van der Waals surface area (Å²) in [5, 5.41) is 14.1. The largest absolute Gasteiger partial charge is 0.323 e. The van der Waals surface area contributed by atoms with E-state index >= 15 is 0 Å². The minimum Gasteiger partial charge on any atom is -0.323 e. The fourth-order valence-corrected chi connectivity index (χ4v) is 4.09. The summed E-state index contributed by atoms with van der Waals surface area (Å²) in [5.74, 6) is 0. The second-order valence-corrected chi connectivity index (χ2v) is 6.88. The van der Waals surface area contributed by atoms with Crippen LogP contribution in [0.5, 0.6) is 0 Å². The number of carbonyl (C=O) groups is 1. The van der Waals surface area contributed by atoms with E-state index in [1.54, 1.807) is 6.07 Å². The second-order valence-electron chi connectivity index (χ2n) is 6.88. The molecule has 2 saturated heterocycles. The normalized spacial score (nSPS) is 20.8. The van der Waals surface area contributed by atoms with E-state index < -0.39 is 0 Å². The molecular formula is C20H22N4O. The molecule has 2 fully saturated rings. The zero-order valence-corrected chi connectivity index (χ0v) is 14.2. The van der Waals surface area contributed by atoms with Crippen molar-refractivity contribution in [2.24, 2.45) is 0 Å². The Morgan fingerprint density at radius 3 is 2.72 bits per heavy atom. The molecule has 25 heavy (non-hydrogen) atoms. The lowest BCUT2D eigenvalue weighted by molar-refractivity contribution is 0.201. The van der Waals surface area contributed by atoms with Gasteiger partial charge in [-0.15, -0.1) is 0 Å². The van der Waals surface area contributed by atoms with Crippen LogP contribution < -0.4 is 5.32 Å². The van der Waals surface area contributed by atoms with Gasteiger partial charge in [-0.05, 0) is 37.9 Å². The first-order chi connectivity index (χ1) is 12.3. The van der Waals surface area contributed by atoms with Crippen molar-refractivity contribution in [1.82, 2.24) is 9.80 Å². The van der Waals surface area contributed by atoms with Gasteiger partial charge in [0.2, 0.25) is 0 Å². The van der Waals surface area contributed by atoms with Gasteiger partial charge in [-0.1, -0.05) is 24.3 Å². The van der Waals surface area contributed by atoms with Crippen LogP contribution in [-0.4, -0.2) is 48.1 Å². The van der Waals surface area contributed by atoms with Gasteiger partial charge in [0.1, 0.15) is 0 Å². The van der Waals surface area contributed by atoms with E-state index in [1.807, 2.05) is 35.2 Å². The van der Waals surface area contributed by atoms with Crippen molar-refractivity contribution in [3.63, 3.8) is 0 Å². The molecule has 0 saturated carbocycles. The molecule has 0 bridgehead atoms. The number of benzene rings is 2. The van der Waals surface area contributed by atoms with Crippen molar-refractivity contribution in [1.29, 1.82) is 5.26 Å². The van der Waals surface area contributed by atoms with Crippen molar-refractivity contribution >= 4 is 22.5 Å². The number of nitrogens with one attached hydrogen (secondary N) is 1. The van der Waals surface area contributed by atoms with Crippen LogP contribution in [0.4, 0.5) is 10.5 Å². The summed E-state index contributed by atoms with van der Waals surface area (Å²) in [6, 6.07) is 14.0. The molecule has 2 heterocycles. The molecule has 1 atom stereocenters. The van der Waals surface area contributed by atoms with Crippen LogP contribution in [0.3, 0.4) is 0 Å². The lowest BCUT2D eigenvalue weighted by atomic mass is 10.0. The molecule has 2 amide bonds. The summed E-state index contributed by atoms with van der Waals surface area (Å²) in [6.45, 7) is 3.86. The number of carbonyl (C=O) groups excluding carboxylic acids is 1. The highest BCUT2D eigenvalue weighted by atomic mass is 16.2. The maximum absolute atomic E-state index is 12.8. The third-order valence-electron chi connectivity index (χ3n) is 5.38. The van der Waals surface area contributed by atoms with Crippen molar-refractivity contribution in [3.8, 4) is 6.07 Å². The molecule has 0 aliphatic carbocycles. The van der Waals surface area contributed by atoms with E-state index in [0.717, 1.165) is 42.5 Å². The average molecular weight is 334 g/mol. The predicted octanol–water partition coefficient (Wildman–Crippen LogP) is 3.41. The topological polar surface area (TPSA) is 59.4 Å². The van der Waals surface area contributed by atoms with Gasteiger partial charge in [-0.3, -0.25) is 4.90 Å². The van der Waals surface area contributed by atoms with E-state index in [0.29, 0.717) is 11.6 Å². The smallest absolute Gasteiger partial charge is 0.321 e. The highest BCUT2D eigenvalue weighted by molar-refractivity contribution is 6.03. The maximum atomic E-state index is 12.8. The summed E-state index contributed by atoms with van der Waals surface area (Å²) in [5.41, 5.74) is 1.40. The van der Waals surface area contributed by atoms with Gasteiger partial charge in [-0.25, -0.2) is 4.79 Å². The Kier molecular flexibility index (Phi) is 4.29. The molecule has 2 aliphatic heterocycles. The fraction of sp³-hybridized carbons (Fsp3) is 0.400. The molecule has 0 aromatic heterocycles. The molecule has 4 rings (SSSR count). The Labute approximate surface area is 147 Å². The first-order valence-electron chi connectivity index (χ1n) is 8.98. The second kappa shape index (κ2) is 6.73. The van der Waals surface area contributed by atoms with Crippen molar-refractivity contribution in [2.75, 3.05) is 31.5 Å². The monoisotopic (exact) mass is 334 g/mol. The van der Waals surface area contributed by atoms with E-state index in [-0.39, 0.29) is 6.03 Å². The zero-order chi connectivity index (χ0) is 17.2. The van der Waals surface area contributed by atoms with Crippen molar-refractivity contribution in [2.45, 2.75) is 25.3 Å². The molecule has 2 aliphatic rings. The molecule has 0 unspecified atom stereocenters. The van der Waals surface area contributed by atoms with Crippen molar-refractivity contribution in [3.05, 3.63) is 42.0 Å². The summed E-state index contributed by atoms with van der Waals surface area (Å²) in [7, 11) is 0. The Morgan fingerprint density at radius 2 is 1.88 bits per heavy atom. The first kappa shape index (κ1) is 15.9. The molecule has 0 spiro atoms. The first-order valence-corrected chi connectivity index (χ1v) is 8.98. The third kappa shape index (κ3) is 3.06. The number of anilines is 1. The lowest BCUT2D eigenvalue weighted by Crippen LogP contribution is -2.41. The van der Waals surface area contributed by atoms with Crippen LogP contribution in [0.2, 0.25) is 0 Å². The number of amides is 2. The molecule has 2 aromatic rings. The number of nitriles is 1. The van der Waals surface area contributed by atoms with E-state index in [4.69, 9.17) is 0 Å². The molecule has 5 heteroatoms. The highest BCUT2D eigenvalue weighted by Gasteiger charge is 2.30. The number of urea groups is 1. The van der Waals surface area contributed by atoms with Gasteiger partial charge >= 0.3 is 6.03 Å². The van der Waals surface area contributed by atoms with Crippen LogP contribution in [0.1, 0.15) is 24.8 Å². The van der Waals surface area contributed by atoms with Gasteiger partial charge in [0.25, 0.3) is 0 Å². The van der Waals surface area contributed by atoms with Gasteiger partial charge < -0.3 is 10.2 Å². The Balaban J connectivity index is 1.57. The number of hydrogen-bond acceptors (Lipinski definition) is 3. The molecule has 0 radical (unpaired) electrons. The van der Waals surface area contributed by atoms with Gasteiger partial charge in [0, 0.05) is 36.4 Å². The number of fused-ring (bicyclic) bond motifs is 2. The van der Waals surface area contributed by atoms with Crippen LogP contribution in [-0.2, 0) is 0 Å². The Morgan fingerprint density at radius 1 is 1.08 bits per heavy atom. The van der Waals surface area contributed by atoms with E-state index in [2.05, 4.69) is 16.3 Å². The minimum atomic E-state index is -0.0383. The molecule has 5 nitrogen and oxygen atoms in total. The van der Waals surface area contributed by atoms with Gasteiger partial charge in [-0.2, -0.15) is 5.26 Å². The van der Waals surface area contributed by atoms with E-state index in [9.17, 15) is 10.1 Å². The number of nitrogens with zero attached hydrogens (tertiary/aromatic N) is 3. The number of rotatable bonds is 1. The summed E-state index contributed by atoms with van der Waals surface area (Å²) >= 11 is 0. The quantitative estimate of drug-likeness (QED) is 0.869. The zero-order valence-electron chi connectivity index (χ0n) is 14.2. The predicted molar refractivity (Wildman–Crippen MR) is 98.5 cm³/mol. The molecule has 2 aromatic carbocycles. The van der Waals surface area contributed by atoms with Crippen LogP contribution in [0, 0.1) is 11.3 Å². The highest BCUT2D eigenvalue weighted by Crippen LogP contribution is 2.27. The third-order valence-corrected chi connectivity index (χ3v) is 5.38. The van der Waals surface area contributed by atoms with E-state index in [1.165, 1.54) is 19.4 Å². The standard InChI is InChI=1S/C20H22N4O/c21-13-15-8-9-19(18-7-2-1-6-17(15)18)22-20(25)24-12-4-11-23-10-3-5-16(23)14-24/h1-2,6-9,16H,3-5,10-12,14H2,(H,22,25)/t16-/m0/s1. The van der Waals surface area contributed by atoms with Crippen LogP contribution in [0.15, 0.2) is 36.4 Å². The summed E-state index contributed by atoms with van der Waals surface area (Å²) in [4.78, 5) is 17.3. The van der Waals surface area contributed by atoms with Crippen molar-refractivity contribution < 1.29 is 4.79 Å². The lowest BCUT2D eigenvalue weighted by Gasteiger charge is -2.26. The Bertz CT molecular complexity index is 841. The molecular weight excluding hydrogens is 312 g/mol. The SMILES string of the molecule is N#Cc1ccc(NC(=O)N2CCCN3CCC[C@H]3C2)c2ccccc12. The van der Waals surface area contributed by atoms with Crippen LogP contribution in [0.25, 0.3) is 10.8 Å².